The number of ether oxygens (including phenoxy) is 1. The molecular formula is C18H19N3O4S. The zero-order valence-corrected chi connectivity index (χ0v) is 15.2. The minimum atomic E-state index is -0.423. The van der Waals surface area contributed by atoms with Crippen LogP contribution in [0.2, 0.25) is 0 Å². The summed E-state index contributed by atoms with van der Waals surface area (Å²) in [7, 11) is 1.29. The molecule has 2 heterocycles. The van der Waals surface area contributed by atoms with Gasteiger partial charge in [-0.15, -0.1) is 0 Å². The lowest BCUT2D eigenvalue weighted by Crippen LogP contribution is -2.35. The lowest BCUT2D eigenvalue weighted by atomic mass is 10.1. The van der Waals surface area contributed by atoms with Gasteiger partial charge in [-0.25, -0.2) is 4.98 Å². The summed E-state index contributed by atoms with van der Waals surface area (Å²) in [5, 5.41) is 3.21. The van der Waals surface area contributed by atoms with Crippen LogP contribution in [0.4, 0.5) is 5.13 Å². The van der Waals surface area contributed by atoms with E-state index in [4.69, 9.17) is 0 Å². The molecule has 0 radical (unpaired) electrons. The van der Waals surface area contributed by atoms with E-state index < -0.39 is 5.97 Å². The van der Waals surface area contributed by atoms with Gasteiger partial charge in [0.15, 0.2) is 5.13 Å². The number of benzene rings is 1. The van der Waals surface area contributed by atoms with Gasteiger partial charge in [-0.3, -0.25) is 14.4 Å². The molecule has 7 nitrogen and oxygen atoms in total. The van der Waals surface area contributed by atoms with Crippen LogP contribution in [0.5, 0.6) is 0 Å². The Hall–Kier alpha value is -2.74. The second kappa shape index (κ2) is 8.09. The molecule has 26 heavy (non-hydrogen) atoms. The first-order valence-electron chi connectivity index (χ1n) is 8.26. The van der Waals surface area contributed by atoms with E-state index in [1.165, 1.54) is 18.4 Å². The number of amides is 2. The van der Waals surface area contributed by atoms with E-state index in [1.54, 1.807) is 17.0 Å². The largest absolute Gasteiger partial charge is 0.469 e. The maximum absolute atomic E-state index is 12.6. The summed E-state index contributed by atoms with van der Waals surface area (Å²) in [6.45, 7) is 1.08. The van der Waals surface area contributed by atoms with Gasteiger partial charge in [-0.1, -0.05) is 29.5 Å². The summed E-state index contributed by atoms with van der Waals surface area (Å²) in [6.07, 6.45) is 0.741. The molecular weight excluding hydrogens is 354 g/mol. The van der Waals surface area contributed by atoms with Crippen LogP contribution in [0.1, 0.15) is 33.8 Å². The molecule has 1 aliphatic heterocycles. The first-order chi connectivity index (χ1) is 12.6. The molecule has 2 amide bonds. The zero-order chi connectivity index (χ0) is 18.5. The van der Waals surface area contributed by atoms with E-state index in [1.807, 2.05) is 18.2 Å². The summed E-state index contributed by atoms with van der Waals surface area (Å²) < 4.78 is 4.52. The van der Waals surface area contributed by atoms with Crippen molar-refractivity contribution in [2.24, 2.45) is 0 Å². The topological polar surface area (TPSA) is 88.6 Å². The summed E-state index contributed by atoms with van der Waals surface area (Å²) in [5.41, 5.74) is 1.58. The Morgan fingerprint density at radius 2 is 2.00 bits per heavy atom. The van der Waals surface area contributed by atoms with E-state index in [0.29, 0.717) is 30.2 Å². The summed E-state index contributed by atoms with van der Waals surface area (Å²) in [6, 6.07) is 9.17. The summed E-state index contributed by atoms with van der Waals surface area (Å²) in [5.74, 6) is -0.708. The third-order valence-electron chi connectivity index (χ3n) is 4.07. The number of carbonyl (C=O) groups excluding carboxylic acids is 3. The third kappa shape index (κ3) is 4.26. The molecule has 0 saturated carbocycles. The van der Waals surface area contributed by atoms with Gasteiger partial charge in [0, 0.05) is 29.8 Å². The highest BCUT2D eigenvalue weighted by Crippen LogP contribution is 2.29. The Morgan fingerprint density at radius 3 is 2.73 bits per heavy atom. The summed E-state index contributed by atoms with van der Waals surface area (Å²) >= 11 is 1.37. The Bertz CT molecular complexity index is 819. The molecule has 0 bridgehead atoms. The molecule has 136 valence electrons. The van der Waals surface area contributed by atoms with Crippen LogP contribution in [-0.4, -0.2) is 41.3 Å². The molecule has 1 aromatic carbocycles. The number of carbonyl (C=O) groups is 3. The van der Waals surface area contributed by atoms with E-state index in [2.05, 4.69) is 15.0 Å². The van der Waals surface area contributed by atoms with Gasteiger partial charge in [0.25, 0.3) is 5.91 Å². The van der Waals surface area contributed by atoms with Crippen LogP contribution in [0.15, 0.2) is 30.3 Å². The van der Waals surface area contributed by atoms with Crippen LogP contribution in [-0.2, 0) is 27.3 Å². The first-order valence-corrected chi connectivity index (χ1v) is 9.08. The van der Waals surface area contributed by atoms with Crippen molar-refractivity contribution in [3.63, 3.8) is 0 Å². The zero-order valence-electron chi connectivity index (χ0n) is 14.4. The van der Waals surface area contributed by atoms with Gasteiger partial charge in [-0.2, -0.15) is 0 Å². The van der Waals surface area contributed by atoms with Crippen molar-refractivity contribution in [1.82, 2.24) is 9.88 Å². The minimum absolute atomic E-state index is 0.00619. The van der Waals surface area contributed by atoms with Crippen molar-refractivity contribution in [3.05, 3.63) is 46.5 Å². The van der Waals surface area contributed by atoms with Gasteiger partial charge in [-0.05, 0) is 12.1 Å². The molecule has 3 rings (SSSR count). The predicted molar refractivity (Wildman–Crippen MR) is 96.9 cm³/mol. The molecule has 1 aliphatic rings. The van der Waals surface area contributed by atoms with Crippen molar-refractivity contribution in [1.29, 1.82) is 0 Å². The van der Waals surface area contributed by atoms with Gasteiger partial charge in [0.05, 0.1) is 25.8 Å². The fourth-order valence-electron chi connectivity index (χ4n) is 2.69. The second-order valence-corrected chi connectivity index (χ2v) is 6.94. The lowest BCUT2D eigenvalue weighted by molar-refractivity contribution is -0.141. The quantitative estimate of drug-likeness (QED) is 0.812. The van der Waals surface area contributed by atoms with Crippen molar-refractivity contribution >= 4 is 34.3 Å². The normalized spacial score (nSPS) is 13.0. The maximum Gasteiger partial charge on any atom is 0.306 e. The van der Waals surface area contributed by atoms with Gasteiger partial charge < -0.3 is 15.0 Å². The van der Waals surface area contributed by atoms with Crippen LogP contribution in [0.25, 0.3) is 0 Å². The molecule has 0 fully saturated rings. The van der Waals surface area contributed by atoms with Crippen LogP contribution in [0, 0.1) is 0 Å². The number of hydrogen-bond acceptors (Lipinski definition) is 6. The molecule has 0 atom stereocenters. The highest BCUT2D eigenvalue weighted by Gasteiger charge is 2.25. The number of methoxy groups -OCH3 is 1. The fraction of sp³-hybridized carbons (Fsp3) is 0.333. The number of fused-ring (bicyclic) bond motifs is 1. The van der Waals surface area contributed by atoms with Gasteiger partial charge >= 0.3 is 5.97 Å². The minimum Gasteiger partial charge on any atom is -0.469 e. The number of anilines is 1. The number of nitrogens with zero attached hydrogens (tertiary/aromatic N) is 2. The average molecular weight is 373 g/mol. The molecule has 1 aromatic heterocycles. The molecule has 0 spiro atoms. The molecule has 8 heteroatoms. The highest BCUT2D eigenvalue weighted by molar-refractivity contribution is 7.15. The van der Waals surface area contributed by atoms with Crippen molar-refractivity contribution < 1.29 is 19.1 Å². The predicted octanol–water partition coefficient (Wildman–Crippen LogP) is 2.23. The Morgan fingerprint density at radius 1 is 1.23 bits per heavy atom. The number of rotatable bonds is 5. The molecule has 0 unspecified atom stereocenters. The number of nitrogens with one attached hydrogen (secondary N) is 1. The van der Waals surface area contributed by atoms with Crippen LogP contribution >= 0.6 is 11.3 Å². The lowest BCUT2D eigenvalue weighted by Gasteiger charge is -2.26. The van der Waals surface area contributed by atoms with Crippen LogP contribution in [0.3, 0.4) is 0 Å². The van der Waals surface area contributed by atoms with Gasteiger partial charge in [0.1, 0.15) is 0 Å². The number of aromatic nitrogens is 1. The van der Waals surface area contributed by atoms with Crippen molar-refractivity contribution in [2.45, 2.75) is 25.8 Å². The fourth-order valence-corrected chi connectivity index (χ4v) is 3.73. The molecule has 0 aliphatic carbocycles. The maximum atomic E-state index is 12.6. The van der Waals surface area contributed by atoms with Crippen LogP contribution < -0.4 is 5.32 Å². The van der Waals surface area contributed by atoms with Crippen molar-refractivity contribution in [3.8, 4) is 0 Å². The molecule has 2 aromatic rings. The Balaban J connectivity index is 1.61. The van der Waals surface area contributed by atoms with Crippen molar-refractivity contribution in [2.75, 3.05) is 19.0 Å². The Labute approximate surface area is 155 Å². The second-order valence-electron chi connectivity index (χ2n) is 5.86. The molecule has 1 N–H and O–H groups in total. The number of thiazole rings is 1. The third-order valence-corrected chi connectivity index (χ3v) is 5.07. The summed E-state index contributed by atoms with van der Waals surface area (Å²) in [4.78, 5) is 42.7. The van der Waals surface area contributed by atoms with E-state index in [-0.39, 0.29) is 24.7 Å². The van der Waals surface area contributed by atoms with E-state index in [9.17, 15) is 14.4 Å². The molecule has 0 saturated heterocycles. The van der Waals surface area contributed by atoms with E-state index >= 15 is 0 Å². The standard InChI is InChI=1S/C18H19N3O4S/c1-25-16(23)8-7-15(22)20-18-19-13-9-10-21(11-14(13)26-18)17(24)12-5-3-2-4-6-12/h2-6H,7-11H2,1H3,(H,19,20,22). The Kier molecular flexibility index (Phi) is 5.62. The monoisotopic (exact) mass is 373 g/mol. The smallest absolute Gasteiger partial charge is 0.306 e. The number of hydrogen-bond donors (Lipinski definition) is 1. The van der Waals surface area contributed by atoms with E-state index in [0.717, 1.165) is 10.6 Å². The SMILES string of the molecule is COC(=O)CCC(=O)Nc1nc2c(s1)CN(C(=O)c1ccccc1)CC2. The highest BCUT2D eigenvalue weighted by atomic mass is 32.1. The van der Waals surface area contributed by atoms with Gasteiger partial charge in [0.2, 0.25) is 5.91 Å². The first kappa shape index (κ1) is 18.1. The average Bonchev–Trinajstić information content (AvgIpc) is 3.07. The number of esters is 1.